The van der Waals surface area contributed by atoms with Crippen LogP contribution in [0, 0.1) is 5.41 Å². The van der Waals surface area contributed by atoms with Crippen molar-refractivity contribution in [1.29, 1.82) is 0 Å². The summed E-state index contributed by atoms with van der Waals surface area (Å²) in [7, 11) is 0. The van der Waals surface area contributed by atoms with Gasteiger partial charge in [-0.2, -0.15) is 0 Å². The SMILES string of the molecule is NCC12CC3c4ccccc4C1(O)c1ccccc1C32. The van der Waals surface area contributed by atoms with Gasteiger partial charge in [0, 0.05) is 17.9 Å². The van der Waals surface area contributed by atoms with E-state index >= 15 is 0 Å². The highest BCUT2D eigenvalue weighted by atomic mass is 16.3. The van der Waals surface area contributed by atoms with E-state index in [0.717, 1.165) is 17.5 Å². The third-order valence-electron chi connectivity index (χ3n) is 6.10. The first kappa shape index (κ1) is 11.1. The first-order valence-corrected chi connectivity index (χ1v) is 7.35. The Labute approximate surface area is 118 Å². The summed E-state index contributed by atoms with van der Waals surface area (Å²) in [6.07, 6.45) is 1.01. The van der Waals surface area contributed by atoms with E-state index in [0.29, 0.717) is 18.4 Å². The molecule has 2 aromatic carbocycles. The molecular formula is C18H17NO. The van der Waals surface area contributed by atoms with Crippen molar-refractivity contribution in [3.8, 4) is 0 Å². The molecule has 2 nitrogen and oxygen atoms in total. The van der Waals surface area contributed by atoms with Crippen molar-refractivity contribution in [3.63, 3.8) is 0 Å². The molecule has 0 aromatic heterocycles. The van der Waals surface area contributed by atoms with Gasteiger partial charge in [0.2, 0.25) is 0 Å². The average Bonchev–Trinajstić information content (AvgIpc) is 2.58. The smallest absolute Gasteiger partial charge is 0.123 e. The molecule has 4 atom stereocenters. The van der Waals surface area contributed by atoms with E-state index in [2.05, 4.69) is 36.4 Å². The fourth-order valence-corrected chi connectivity index (χ4v) is 5.33. The Morgan fingerprint density at radius 2 is 1.60 bits per heavy atom. The summed E-state index contributed by atoms with van der Waals surface area (Å²) in [5.74, 6) is 0.919. The molecule has 2 aromatic rings. The topological polar surface area (TPSA) is 46.2 Å². The standard InChI is InChI=1S/C18H17NO/c19-10-17-9-13-11-5-1-3-7-14(11)18(17,20)15-8-4-2-6-12(15)16(13)17/h1-8,13,16,20H,9-10,19H2. The third kappa shape index (κ3) is 0.851. The second kappa shape index (κ2) is 3.16. The summed E-state index contributed by atoms with van der Waals surface area (Å²) in [6.45, 7) is 0.549. The maximum absolute atomic E-state index is 11.7. The molecule has 0 amide bonds. The normalized spacial score (nSPS) is 38.9. The van der Waals surface area contributed by atoms with Crippen LogP contribution >= 0.6 is 0 Å². The molecular weight excluding hydrogens is 246 g/mol. The van der Waals surface area contributed by atoms with Crippen LogP contribution < -0.4 is 5.73 Å². The van der Waals surface area contributed by atoms with E-state index in [1.54, 1.807) is 0 Å². The monoisotopic (exact) mass is 263 g/mol. The van der Waals surface area contributed by atoms with Crippen molar-refractivity contribution in [2.24, 2.45) is 11.1 Å². The van der Waals surface area contributed by atoms with E-state index in [1.165, 1.54) is 11.1 Å². The van der Waals surface area contributed by atoms with Gasteiger partial charge in [-0.05, 0) is 34.6 Å². The number of nitrogens with two attached hydrogens (primary N) is 1. The number of hydrogen-bond donors (Lipinski definition) is 2. The van der Waals surface area contributed by atoms with E-state index in [4.69, 9.17) is 5.73 Å². The maximum Gasteiger partial charge on any atom is 0.123 e. The van der Waals surface area contributed by atoms with Gasteiger partial charge >= 0.3 is 0 Å². The van der Waals surface area contributed by atoms with Gasteiger partial charge in [0.15, 0.2) is 0 Å². The van der Waals surface area contributed by atoms with Crippen LogP contribution in [0.4, 0.5) is 0 Å². The van der Waals surface area contributed by atoms with Gasteiger partial charge in [-0.3, -0.25) is 0 Å². The Balaban J connectivity index is 1.93. The zero-order chi connectivity index (χ0) is 13.5. The highest BCUT2D eigenvalue weighted by molar-refractivity contribution is 5.63. The lowest BCUT2D eigenvalue weighted by Gasteiger charge is -2.62. The molecule has 20 heavy (non-hydrogen) atoms. The molecule has 0 radical (unpaired) electrons. The molecule has 3 aliphatic carbocycles. The van der Waals surface area contributed by atoms with Crippen LogP contribution in [0.3, 0.4) is 0 Å². The van der Waals surface area contributed by atoms with Crippen LogP contribution in [0.15, 0.2) is 48.5 Å². The van der Waals surface area contributed by atoms with E-state index in [-0.39, 0.29) is 5.41 Å². The maximum atomic E-state index is 11.7. The molecule has 5 rings (SSSR count). The van der Waals surface area contributed by atoms with Crippen LogP contribution in [0.5, 0.6) is 0 Å². The molecule has 3 aliphatic rings. The lowest BCUT2D eigenvalue weighted by Crippen LogP contribution is -2.61. The fraction of sp³-hybridized carbons (Fsp3) is 0.333. The molecule has 1 saturated carbocycles. The molecule has 4 unspecified atom stereocenters. The van der Waals surface area contributed by atoms with Gasteiger partial charge < -0.3 is 10.8 Å². The summed E-state index contributed by atoms with van der Waals surface area (Å²) in [4.78, 5) is 0. The van der Waals surface area contributed by atoms with Crippen LogP contribution in [0.1, 0.15) is 40.5 Å². The van der Waals surface area contributed by atoms with Gasteiger partial charge in [-0.1, -0.05) is 48.5 Å². The molecule has 100 valence electrons. The van der Waals surface area contributed by atoms with Gasteiger partial charge in [-0.25, -0.2) is 0 Å². The predicted molar refractivity (Wildman–Crippen MR) is 77.5 cm³/mol. The van der Waals surface area contributed by atoms with Crippen molar-refractivity contribution in [1.82, 2.24) is 0 Å². The third-order valence-corrected chi connectivity index (χ3v) is 6.10. The second-order valence-corrected chi connectivity index (χ2v) is 6.53. The van der Waals surface area contributed by atoms with Crippen molar-refractivity contribution in [3.05, 3.63) is 70.8 Å². The van der Waals surface area contributed by atoms with Crippen molar-refractivity contribution in [2.75, 3.05) is 6.54 Å². The highest BCUT2D eigenvalue weighted by Crippen LogP contribution is 2.78. The molecule has 2 heteroatoms. The van der Waals surface area contributed by atoms with Crippen LogP contribution in [0.25, 0.3) is 0 Å². The molecule has 0 saturated heterocycles. The molecule has 4 bridgehead atoms. The first-order chi connectivity index (χ1) is 9.74. The van der Waals surface area contributed by atoms with E-state index in [1.807, 2.05) is 12.1 Å². The first-order valence-electron chi connectivity index (χ1n) is 7.35. The number of fused-ring (bicyclic) bond motifs is 5. The minimum atomic E-state index is -0.894. The molecule has 0 spiro atoms. The molecule has 3 N–H and O–H groups in total. The molecule has 1 fully saturated rings. The van der Waals surface area contributed by atoms with Crippen molar-refractivity contribution < 1.29 is 5.11 Å². The lowest BCUT2D eigenvalue weighted by molar-refractivity contribution is -0.124. The summed E-state index contributed by atoms with van der Waals surface area (Å²) in [5, 5.41) is 11.7. The number of rotatable bonds is 1. The fourth-order valence-electron chi connectivity index (χ4n) is 5.33. The number of benzene rings is 2. The minimum absolute atomic E-state index is 0.185. The van der Waals surface area contributed by atoms with Crippen LogP contribution in [-0.2, 0) is 5.60 Å². The van der Waals surface area contributed by atoms with Gasteiger partial charge in [-0.15, -0.1) is 0 Å². The van der Waals surface area contributed by atoms with Gasteiger partial charge in [0.1, 0.15) is 5.60 Å². The lowest BCUT2D eigenvalue weighted by atomic mass is 9.43. The molecule has 0 heterocycles. The zero-order valence-corrected chi connectivity index (χ0v) is 11.2. The largest absolute Gasteiger partial charge is 0.380 e. The van der Waals surface area contributed by atoms with Crippen molar-refractivity contribution in [2.45, 2.75) is 23.9 Å². The minimum Gasteiger partial charge on any atom is -0.380 e. The predicted octanol–water partition coefficient (Wildman–Crippen LogP) is 2.47. The van der Waals surface area contributed by atoms with Crippen LogP contribution in [0.2, 0.25) is 0 Å². The summed E-state index contributed by atoms with van der Waals surface area (Å²) in [6, 6.07) is 16.8. The Hall–Kier alpha value is -1.64. The number of hydrogen-bond acceptors (Lipinski definition) is 2. The quantitative estimate of drug-likeness (QED) is 0.830. The summed E-state index contributed by atoms with van der Waals surface area (Å²) < 4.78 is 0. The zero-order valence-electron chi connectivity index (χ0n) is 11.2. The summed E-state index contributed by atoms with van der Waals surface area (Å²) >= 11 is 0. The summed E-state index contributed by atoms with van der Waals surface area (Å²) in [5.41, 5.74) is 9.89. The van der Waals surface area contributed by atoms with Gasteiger partial charge in [0.25, 0.3) is 0 Å². The average molecular weight is 263 g/mol. The Morgan fingerprint density at radius 1 is 1.00 bits per heavy atom. The van der Waals surface area contributed by atoms with Crippen molar-refractivity contribution >= 4 is 0 Å². The Bertz CT molecular complexity index is 740. The molecule has 0 aliphatic heterocycles. The highest BCUT2D eigenvalue weighted by Gasteiger charge is 2.74. The Morgan fingerprint density at radius 3 is 2.30 bits per heavy atom. The van der Waals surface area contributed by atoms with E-state index < -0.39 is 5.60 Å². The van der Waals surface area contributed by atoms with E-state index in [9.17, 15) is 5.11 Å². The van der Waals surface area contributed by atoms with Crippen LogP contribution in [-0.4, -0.2) is 11.7 Å². The second-order valence-electron chi connectivity index (χ2n) is 6.53. The van der Waals surface area contributed by atoms with Gasteiger partial charge in [0.05, 0.1) is 0 Å². The Kier molecular flexibility index (Phi) is 1.75. The number of aliphatic hydroxyl groups is 1.